The van der Waals surface area contributed by atoms with Crippen molar-refractivity contribution in [2.75, 3.05) is 13.6 Å². The highest BCUT2D eigenvalue weighted by molar-refractivity contribution is 4.96. The third-order valence-electron chi connectivity index (χ3n) is 3.12. The molecule has 15 heavy (non-hydrogen) atoms. The molecule has 0 bridgehead atoms. The van der Waals surface area contributed by atoms with E-state index in [1.807, 2.05) is 0 Å². The quantitative estimate of drug-likeness (QED) is 0.621. The van der Waals surface area contributed by atoms with Gasteiger partial charge in [0.1, 0.15) is 6.17 Å². The van der Waals surface area contributed by atoms with Gasteiger partial charge in [-0.15, -0.1) is 0 Å². The Morgan fingerprint density at radius 2 is 1.87 bits per heavy atom. The average Bonchev–Trinajstić information content (AvgIpc) is 2.54. The van der Waals surface area contributed by atoms with Crippen molar-refractivity contribution in [2.45, 2.75) is 52.6 Å². The van der Waals surface area contributed by atoms with Gasteiger partial charge in [0, 0.05) is 26.0 Å². The van der Waals surface area contributed by atoms with Crippen molar-refractivity contribution in [3.05, 3.63) is 12.4 Å². The van der Waals surface area contributed by atoms with Crippen LogP contribution >= 0.6 is 0 Å². The predicted octanol–water partition coefficient (Wildman–Crippen LogP) is 3.27. The minimum Gasteiger partial charge on any atom is -0.359 e. The zero-order valence-electron chi connectivity index (χ0n) is 10.7. The first-order valence-corrected chi connectivity index (χ1v) is 6.32. The molecule has 88 valence electrons. The molecule has 0 aromatic rings. The van der Waals surface area contributed by atoms with Crippen LogP contribution in [-0.4, -0.2) is 29.6 Å². The third-order valence-corrected chi connectivity index (χ3v) is 3.12. The fourth-order valence-electron chi connectivity index (χ4n) is 2.38. The van der Waals surface area contributed by atoms with Crippen LogP contribution in [0.2, 0.25) is 0 Å². The van der Waals surface area contributed by atoms with E-state index in [0.717, 1.165) is 0 Å². The van der Waals surface area contributed by atoms with E-state index in [4.69, 9.17) is 0 Å². The Morgan fingerprint density at radius 3 is 2.47 bits per heavy atom. The molecular weight excluding hydrogens is 184 g/mol. The molecule has 0 spiro atoms. The van der Waals surface area contributed by atoms with Gasteiger partial charge in [0.25, 0.3) is 0 Å². The summed E-state index contributed by atoms with van der Waals surface area (Å²) >= 11 is 0. The molecule has 0 radical (unpaired) electrons. The van der Waals surface area contributed by atoms with E-state index < -0.39 is 0 Å². The lowest BCUT2D eigenvalue weighted by Gasteiger charge is -2.33. The third kappa shape index (κ3) is 3.44. The number of rotatable bonds is 6. The van der Waals surface area contributed by atoms with Crippen molar-refractivity contribution in [1.29, 1.82) is 0 Å². The van der Waals surface area contributed by atoms with Crippen LogP contribution in [0.1, 0.15) is 46.5 Å². The summed E-state index contributed by atoms with van der Waals surface area (Å²) in [5, 5.41) is 0. The van der Waals surface area contributed by atoms with Crippen LogP contribution < -0.4 is 0 Å². The standard InChI is InChI=1S/C13H26N2/c1-5-6-7-8-9-15-11-10-14(4)13(15)12(2)3/h10-13H,5-9H2,1-4H3. The lowest BCUT2D eigenvalue weighted by Crippen LogP contribution is -2.41. The van der Waals surface area contributed by atoms with Crippen molar-refractivity contribution >= 4 is 0 Å². The van der Waals surface area contributed by atoms with Crippen molar-refractivity contribution in [3.8, 4) is 0 Å². The first-order valence-electron chi connectivity index (χ1n) is 6.32. The monoisotopic (exact) mass is 210 g/mol. The predicted molar refractivity (Wildman–Crippen MR) is 66.4 cm³/mol. The highest BCUT2D eigenvalue weighted by Gasteiger charge is 2.25. The molecule has 1 unspecified atom stereocenters. The maximum Gasteiger partial charge on any atom is 0.103 e. The summed E-state index contributed by atoms with van der Waals surface area (Å²) < 4.78 is 0. The zero-order valence-corrected chi connectivity index (χ0v) is 10.7. The van der Waals surface area contributed by atoms with Gasteiger partial charge in [-0.1, -0.05) is 40.0 Å². The summed E-state index contributed by atoms with van der Waals surface area (Å²) in [7, 11) is 2.17. The number of unbranched alkanes of at least 4 members (excludes halogenated alkanes) is 3. The molecule has 0 saturated heterocycles. The van der Waals surface area contributed by atoms with Crippen molar-refractivity contribution in [2.24, 2.45) is 5.92 Å². The highest BCUT2D eigenvalue weighted by atomic mass is 15.4. The molecule has 1 aliphatic heterocycles. The molecule has 2 nitrogen and oxygen atoms in total. The fraction of sp³-hybridized carbons (Fsp3) is 0.846. The number of hydrogen-bond acceptors (Lipinski definition) is 2. The van der Waals surface area contributed by atoms with E-state index in [1.54, 1.807) is 0 Å². The molecule has 1 heterocycles. The Labute approximate surface area is 94.9 Å². The first-order chi connectivity index (χ1) is 7.16. The maximum atomic E-state index is 2.49. The second-order valence-corrected chi connectivity index (χ2v) is 4.92. The van der Waals surface area contributed by atoms with Crippen LogP contribution in [0.5, 0.6) is 0 Å². The van der Waals surface area contributed by atoms with Crippen LogP contribution in [0.3, 0.4) is 0 Å². The maximum absolute atomic E-state index is 2.49. The van der Waals surface area contributed by atoms with Crippen LogP contribution in [0, 0.1) is 5.92 Å². The number of hydrogen-bond donors (Lipinski definition) is 0. The van der Waals surface area contributed by atoms with Gasteiger partial charge in [0.2, 0.25) is 0 Å². The van der Waals surface area contributed by atoms with Crippen LogP contribution in [0.4, 0.5) is 0 Å². The lowest BCUT2D eigenvalue weighted by atomic mass is 10.1. The molecule has 0 aliphatic carbocycles. The van der Waals surface area contributed by atoms with Gasteiger partial charge in [-0.05, 0) is 12.3 Å². The van der Waals surface area contributed by atoms with Gasteiger partial charge in [0.15, 0.2) is 0 Å². The minimum atomic E-state index is 0.576. The van der Waals surface area contributed by atoms with Gasteiger partial charge in [-0.2, -0.15) is 0 Å². The normalized spacial score (nSPS) is 20.7. The molecule has 0 N–H and O–H groups in total. The second kappa shape index (κ2) is 6.04. The molecule has 2 heteroatoms. The zero-order chi connectivity index (χ0) is 11.3. The summed E-state index contributed by atoms with van der Waals surface area (Å²) in [6.07, 6.45) is 10.4. The van der Waals surface area contributed by atoms with E-state index in [2.05, 4.69) is 50.0 Å². The summed E-state index contributed by atoms with van der Waals surface area (Å²) in [5.41, 5.74) is 0. The minimum absolute atomic E-state index is 0.576. The van der Waals surface area contributed by atoms with Crippen LogP contribution in [0.15, 0.2) is 12.4 Å². The van der Waals surface area contributed by atoms with Gasteiger partial charge in [-0.25, -0.2) is 0 Å². The molecule has 1 atom stereocenters. The van der Waals surface area contributed by atoms with Crippen molar-refractivity contribution < 1.29 is 0 Å². The Kier molecular flexibility index (Phi) is 5.00. The molecule has 1 aliphatic rings. The Bertz CT molecular complexity index is 199. The Balaban J connectivity index is 2.31. The SMILES string of the molecule is CCCCCCN1C=CN(C)C1C(C)C. The molecule has 0 aromatic heterocycles. The topological polar surface area (TPSA) is 6.48 Å². The molecular formula is C13H26N2. The second-order valence-electron chi connectivity index (χ2n) is 4.92. The van der Waals surface area contributed by atoms with Gasteiger partial charge in [-0.3, -0.25) is 0 Å². The van der Waals surface area contributed by atoms with E-state index in [-0.39, 0.29) is 0 Å². The molecule has 0 amide bonds. The van der Waals surface area contributed by atoms with Crippen LogP contribution in [0.25, 0.3) is 0 Å². The van der Waals surface area contributed by atoms with Crippen molar-refractivity contribution in [1.82, 2.24) is 9.80 Å². The summed E-state index contributed by atoms with van der Waals surface area (Å²) in [6, 6.07) is 0. The van der Waals surface area contributed by atoms with Crippen LogP contribution in [-0.2, 0) is 0 Å². The van der Waals surface area contributed by atoms with E-state index in [1.165, 1.54) is 32.2 Å². The average molecular weight is 210 g/mol. The largest absolute Gasteiger partial charge is 0.359 e. The Morgan fingerprint density at radius 1 is 1.13 bits per heavy atom. The van der Waals surface area contributed by atoms with Gasteiger partial charge >= 0.3 is 0 Å². The number of nitrogens with zero attached hydrogens (tertiary/aromatic N) is 2. The van der Waals surface area contributed by atoms with Gasteiger partial charge in [0.05, 0.1) is 0 Å². The fourth-order valence-corrected chi connectivity index (χ4v) is 2.38. The highest BCUT2D eigenvalue weighted by Crippen LogP contribution is 2.21. The Hall–Kier alpha value is -0.660. The summed E-state index contributed by atoms with van der Waals surface area (Å²) in [5.74, 6) is 0.691. The molecule has 0 aromatic carbocycles. The van der Waals surface area contributed by atoms with E-state index in [0.29, 0.717) is 12.1 Å². The smallest absolute Gasteiger partial charge is 0.103 e. The first kappa shape index (κ1) is 12.4. The molecule has 0 saturated carbocycles. The van der Waals surface area contributed by atoms with Crippen molar-refractivity contribution in [3.63, 3.8) is 0 Å². The van der Waals surface area contributed by atoms with E-state index >= 15 is 0 Å². The molecule has 1 rings (SSSR count). The van der Waals surface area contributed by atoms with E-state index in [9.17, 15) is 0 Å². The lowest BCUT2D eigenvalue weighted by molar-refractivity contribution is 0.125. The summed E-state index contributed by atoms with van der Waals surface area (Å²) in [4.78, 5) is 4.81. The van der Waals surface area contributed by atoms with Gasteiger partial charge < -0.3 is 9.80 Å². The summed E-state index contributed by atoms with van der Waals surface area (Å²) in [6.45, 7) is 8.07. The molecule has 0 fully saturated rings.